The molecule has 0 saturated heterocycles. The zero-order valence-corrected chi connectivity index (χ0v) is 17.4. The largest absolute Gasteiger partial charge is 0.493 e. The summed E-state index contributed by atoms with van der Waals surface area (Å²) in [6, 6.07) is 18.8. The molecule has 0 aliphatic carbocycles. The minimum Gasteiger partial charge on any atom is -0.493 e. The van der Waals surface area contributed by atoms with Gasteiger partial charge in [-0.05, 0) is 67.1 Å². The van der Waals surface area contributed by atoms with E-state index in [0.29, 0.717) is 28.4 Å². The lowest BCUT2D eigenvalue weighted by molar-refractivity contribution is 0.0734. The first-order valence-corrected chi connectivity index (χ1v) is 9.44. The van der Waals surface area contributed by atoms with Gasteiger partial charge in [-0.15, -0.1) is 0 Å². The number of nitrogens with one attached hydrogen (secondary N) is 1. The van der Waals surface area contributed by atoms with Gasteiger partial charge in [0.15, 0.2) is 11.5 Å². The molecule has 0 heterocycles. The van der Waals surface area contributed by atoms with Crippen LogP contribution >= 0.6 is 0 Å². The maximum atomic E-state index is 12.4. The van der Waals surface area contributed by atoms with E-state index in [-0.39, 0.29) is 5.91 Å². The highest BCUT2D eigenvalue weighted by atomic mass is 16.5. The van der Waals surface area contributed by atoms with E-state index < -0.39 is 5.97 Å². The Morgan fingerprint density at radius 2 is 1.61 bits per heavy atom. The molecular weight excluding hydrogens is 396 g/mol. The van der Waals surface area contributed by atoms with Crippen molar-refractivity contribution in [1.82, 2.24) is 5.43 Å². The lowest BCUT2D eigenvalue weighted by Gasteiger charge is -2.09. The predicted molar refractivity (Wildman–Crippen MR) is 117 cm³/mol. The maximum Gasteiger partial charge on any atom is 0.343 e. The smallest absolute Gasteiger partial charge is 0.343 e. The molecule has 0 radical (unpaired) electrons. The summed E-state index contributed by atoms with van der Waals surface area (Å²) in [6.07, 6.45) is 1.51. The summed E-state index contributed by atoms with van der Waals surface area (Å²) in [7, 11) is 3.02. The van der Waals surface area contributed by atoms with Crippen molar-refractivity contribution in [3.05, 3.63) is 89.0 Å². The first-order chi connectivity index (χ1) is 15.0. The average Bonchev–Trinajstić information content (AvgIpc) is 2.79. The van der Waals surface area contributed by atoms with Gasteiger partial charge in [0.25, 0.3) is 5.91 Å². The second-order valence-corrected chi connectivity index (χ2v) is 6.60. The monoisotopic (exact) mass is 418 g/mol. The van der Waals surface area contributed by atoms with Crippen molar-refractivity contribution < 1.29 is 23.8 Å². The molecule has 0 spiro atoms. The lowest BCUT2D eigenvalue weighted by atomic mass is 10.1. The third-order valence-electron chi connectivity index (χ3n) is 4.37. The first-order valence-electron chi connectivity index (χ1n) is 9.44. The normalized spacial score (nSPS) is 10.5. The molecule has 1 N–H and O–H groups in total. The number of amides is 1. The van der Waals surface area contributed by atoms with Crippen molar-refractivity contribution in [2.24, 2.45) is 5.10 Å². The number of hydrogen-bond donors (Lipinski definition) is 1. The van der Waals surface area contributed by atoms with Crippen LogP contribution in [0.3, 0.4) is 0 Å². The van der Waals surface area contributed by atoms with Crippen LogP contribution in [0.5, 0.6) is 17.2 Å². The van der Waals surface area contributed by atoms with E-state index in [4.69, 9.17) is 14.2 Å². The van der Waals surface area contributed by atoms with Gasteiger partial charge in [0.05, 0.1) is 26.0 Å². The minimum absolute atomic E-state index is 0.291. The molecule has 0 bridgehead atoms. The van der Waals surface area contributed by atoms with Gasteiger partial charge < -0.3 is 14.2 Å². The Labute approximate surface area is 180 Å². The molecule has 3 aromatic rings. The van der Waals surface area contributed by atoms with E-state index in [9.17, 15) is 9.59 Å². The fourth-order valence-corrected chi connectivity index (χ4v) is 2.77. The standard InChI is InChI=1S/C24H22N2O5/c1-16-5-4-6-18(13-16)23(27)26-25-15-17-7-10-20(11-8-17)31-24(28)19-9-12-21(29-2)22(14-19)30-3/h4-15H,1-3H3,(H,26,27)/b25-15-. The SMILES string of the molecule is COc1ccc(C(=O)Oc2ccc(/C=N\NC(=O)c3cccc(C)c3)cc2)cc1OC. The molecule has 31 heavy (non-hydrogen) atoms. The van der Waals surface area contributed by atoms with E-state index in [1.807, 2.05) is 19.1 Å². The zero-order valence-electron chi connectivity index (χ0n) is 17.4. The lowest BCUT2D eigenvalue weighted by Crippen LogP contribution is -2.17. The molecule has 0 aromatic heterocycles. The molecular formula is C24H22N2O5. The van der Waals surface area contributed by atoms with Crippen molar-refractivity contribution in [2.45, 2.75) is 6.92 Å². The Morgan fingerprint density at radius 3 is 2.29 bits per heavy atom. The van der Waals surface area contributed by atoms with Gasteiger partial charge in [0.2, 0.25) is 0 Å². The van der Waals surface area contributed by atoms with Crippen LogP contribution < -0.4 is 19.6 Å². The third-order valence-corrected chi connectivity index (χ3v) is 4.37. The Morgan fingerprint density at radius 1 is 0.871 bits per heavy atom. The minimum atomic E-state index is -0.521. The van der Waals surface area contributed by atoms with E-state index in [0.717, 1.165) is 11.1 Å². The Hall–Kier alpha value is -4.13. The number of ether oxygens (including phenoxy) is 3. The van der Waals surface area contributed by atoms with Crippen molar-refractivity contribution in [1.29, 1.82) is 0 Å². The summed E-state index contributed by atoms with van der Waals surface area (Å²) < 4.78 is 15.8. The van der Waals surface area contributed by atoms with Crippen LogP contribution in [0.1, 0.15) is 31.8 Å². The van der Waals surface area contributed by atoms with Crippen LogP contribution in [0.15, 0.2) is 71.8 Å². The molecule has 0 unspecified atom stereocenters. The number of methoxy groups -OCH3 is 2. The van der Waals surface area contributed by atoms with E-state index in [1.165, 1.54) is 20.4 Å². The summed E-state index contributed by atoms with van der Waals surface area (Å²) in [6.45, 7) is 1.92. The molecule has 0 fully saturated rings. The molecule has 0 atom stereocenters. The molecule has 0 aliphatic heterocycles. The summed E-state index contributed by atoms with van der Waals surface area (Å²) in [5.41, 5.74) is 5.09. The molecule has 1 amide bonds. The zero-order chi connectivity index (χ0) is 22.2. The summed E-state index contributed by atoms with van der Waals surface area (Å²) in [5.74, 6) is 0.530. The molecule has 158 valence electrons. The number of benzene rings is 3. The van der Waals surface area contributed by atoms with Crippen LogP contribution in [0.4, 0.5) is 0 Å². The molecule has 0 aliphatic rings. The average molecular weight is 418 g/mol. The highest BCUT2D eigenvalue weighted by Gasteiger charge is 2.13. The number of hydrazone groups is 1. The Balaban J connectivity index is 1.59. The van der Waals surface area contributed by atoms with Crippen molar-refractivity contribution in [2.75, 3.05) is 14.2 Å². The highest BCUT2D eigenvalue weighted by Crippen LogP contribution is 2.28. The third kappa shape index (κ3) is 5.70. The van der Waals surface area contributed by atoms with Crippen LogP contribution in [0.25, 0.3) is 0 Å². The van der Waals surface area contributed by atoms with E-state index in [2.05, 4.69) is 10.5 Å². The van der Waals surface area contributed by atoms with Crippen LogP contribution in [-0.4, -0.2) is 32.3 Å². The van der Waals surface area contributed by atoms with Gasteiger partial charge in [0.1, 0.15) is 5.75 Å². The molecule has 7 nitrogen and oxygen atoms in total. The number of carbonyl (C=O) groups is 2. The van der Waals surface area contributed by atoms with Crippen LogP contribution in [0.2, 0.25) is 0 Å². The number of aryl methyl sites for hydroxylation is 1. The Kier molecular flexibility index (Phi) is 7.01. The van der Waals surface area contributed by atoms with Gasteiger partial charge >= 0.3 is 5.97 Å². The molecule has 0 saturated carbocycles. The maximum absolute atomic E-state index is 12.4. The number of rotatable bonds is 7. The van der Waals surface area contributed by atoms with Crippen molar-refractivity contribution >= 4 is 18.1 Å². The van der Waals surface area contributed by atoms with Gasteiger partial charge in [-0.3, -0.25) is 4.79 Å². The van der Waals surface area contributed by atoms with Crippen LogP contribution in [0, 0.1) is 6.92 Å². The highest BCUT2D eigenvalue weighted by molar-refractivity contribution is 5.95. The van der Waals surface area contributed by atoms with E-state index >= 15 is 0 Å². The van der Waals surface area contributed by atoms with Gasteiger partial charge in [-0.25, -0.2) is 10.2 Å². The summed E-state index contributed by atoms with van der Waals surface area (Å²) in [5, 5.41) is 3.96. The summed E-state index contributed by atoms with van der Waals surface area (Å²) in [4.78, 5) is 24.5. The second kappa shape index (κ2) is 10.1. The fourth-order valence-electron chi connectivity index (χ4n) is 2.77. The quantitative estimate of drug-likeness (QED) is 0.271. The van der Waals surface area contributed by atoms with E-state index in [1.54, 1.807) is 54.6 Å². The number of hydrogen-bond acceptors (Lipinski definition) is 6. The second-order valence-electron chi connectivity index (χ2n) is 6.60. The molecule has 3 rings (SSSR count). The predicted octanol–water partition coefficient (Wildman–Crippen LogP) is 4.00. The van der Waals surface area contributed by atoms with Crippen molar-refractivity contribution in [3.63, 3.8) is 0 Å². The van der Waals surface area contributed by atoms with Gasteiger partial charge in [-0.1, -0.05) is 17.7 Å². The Bertz CT molecular complexity index is 1110. The number of nitrogens with zero attached hydrogens (tertiary/aromatic N) is 1. The fraction of sp³-hybridized carbons (Fsp3) is 0.125. The van der Waals surface area contributed by atoms with Gasteiger partial charge in [-0.2, -0.15) is 5.10 Å². The molecule has 3 aromatic carbocycles. The topological polar surface area (TPSA) is 86.2 Å². The number of esters is 1. The number of carbonyl (C=O) groups excluding carboxylic acids is 2. The summed E-state index contributed by atoms with van der Waals surface area (Å²) >= 11 is 0. The van der Waals surface area contributed by atoms with Gasteiger partial charge in [0, 0.05) is 5.56 Å². The molecule has 7 heteroatoms. The van der Waals surface area contributed by atoms with Crippen LogP contribution in [-0.2, 0) is 0 Å². The van der Waals surface area contributed by atoms with Crippen molar-refractivity contribution in [3.8, 4) is 17.2 Å². The first kappa shape index (κ1) is 21.6.